The van der Waals surface area contributed by atoms with E-state index in [1.54, 1.807) is 7.11 Å². The highest BCUT2D eigenvalue weighted by Crippen LogP contribution is 2.27. The highest BCUT2D eigenvalue weighted by molar-refractivity contribution is 14.1. The Labute approximate surface area is 106 Å². The van der Waals surface area contributed by atoms with Gasteiger partial charge in [0.05, 0.1) is 3.57 Å². The fraction of sp³-hybridized carbons (Fsp3) is 0.500. The number of aromatic nitrogens is 2. The topological polar surface area (TPSA) is 35.0 Å². The number of nitrogens with zero attached hydrogens (tertiary/aromatic N) is 2. The molecule has 0 aliphatic carbocycles. The molecule has 0 bridgehead atoms. The Morgan fingerprint density at radius 1 is 1.21 bits per heavy atom. The van der Waals surface area contributed by atoms with Crippen molar-refractivity contribution in [3.63, 3.8) is 0 Å². The molecule has 0 N–H and O–H groups in total. The quantitative estimate of drug-likeness (QED) is 0.609. The number of rotatable bonds is 2. The second kappa shape index (κ2) is 4.47. The lowest BCUT2D eigenvalue weighted by atomic mass is 10.1. The summed E-state index contributed by atoms with van der Waals surface area (Å²) in [7, 11) is 1.59. The molecule has 0 unspecified atom stereocenters. The van der Waals surface area contributed by atoms with Gasteiger partial charge in [0.1, 0.15) is 15.9 Å². The summed E-state index contributed by atoms with van der Waals surface area (Å²) in [5.74, 6) is 0.482. The zero-order valence-electron chi connectivity index (χ0n) is 7.94. The van der Waals surface area contributed by atoms with Gasteiger partial charge >= 0.3 is 0 Å². The van der Waals surface area contributed by atoms with E-state index < -0.39 is 5.60 Å². The average Bonchev–Trinajstić information content (AvgIpc) is 2.13. The largest absolute Gasteiger partial charge is 0.371 e. The number of methoxy groups -OCH3 is 1. The van der Waals surface area contributed by atoms with Gasteiger partial charge in [-0.1, -0.05) is 23.2 Å². The molecule has 0 amide bonds. The van der Waals surface area contributed by atoms with Crippen LogP contribution in [0, 0.1) is 3.57 Å². The molecule has 0 saturated heterocycles. The Morgan fingerprint density at radius 2 is 1.64 bits per heavy atom. The second-order valence-corrected chi connectivity index (χ2v) is 4.95. The Kier molecular flexibility index (Phi) is 3.96. The Balaban J connectivity index is 3.26. The van der Waals surface area contributed by atoms with Crippen LogP contribution in [0.1, 0.15) is 19.7 Å². The minimum Gasteiger partial charge on any atom is -0.371 e. The first-order valence-corrected chi connectivity index (χ1v) is 5.66. The van der Waals surface area contributed by atoms with Crippen LogP contribution < -0.4 is 0 Å². The van der Waals surface area contributed by atoms with Crippen molar-refractivity contribution in [3.8, 4) is 0 Å². The lowest BCUT2D eigenvalue weighted by molar-refractivity contribution is 0.0114. The lowest BCUT2D eigenvalue weighted by Crippen LogP contribution is -2.23. The van der Waals surface area contributed by atoms with Crippen LogP contribution in [0.3, 0.4) is 0 Å². The number of hydrogen-bond acceptors (Lipinski definition) is 3. The molecule has 0 atom stereocenters. The van der Waals surface area contributed by atoms with Crippen LogP contribution in [0.15, 0.2) is 0 Å². The Hall–Kier alpha value is 0.350. The summed E-state index contributed by atoms with van der Waals surface area (Å²) in [6, 6.07) is 0. The maximum absolute atomic E-state index is 5.88. The molecule has 0 aromatic carbocycles. The van der Waals surface area contributed by atoms with Crippen LogP contribution >= 0.6 is 45.8 Å². The van der Waals surface area contributed by atoms with E-state index >= 15 is 0 Å². The average molecular weight is 347 g/mol. The highest BCUT2D eigenvalue weighted by Gasteiger charge is 2.25. The SMILES string of the molecule is COC(C)(C)c1nc(Cl)c(I)c(Cl)n1. The van der Waals surface area contributed by atoms with Crippen molar-refractivity contribution in [1.82, 2.24) is 9.97 Å². The van der Waals surface area contributed by atoms with Crippen molar-refractivity contribution in [2.45, 2.75) is 19.4 Å². The predicted molar refractivity (Wildman–Crippen MR) is 64.8 cm³/mol. The van der Waals surface area contributed by atoms with Crippen molar-refractivity contribution in [2.24, 2.45) is 0 Å². The summed E-state index contributed by atoms with van der Waals surface area (Å²) < 4.78 is 5.88. The summed E-state index contributed by atoms with van der Waals surface area (Å²) in [4.78, 5) is 8.23. The molecule has 14 heavy (non-hydrogen) atoms. The fourth-order valence-corrected chi connectivity index (χ4v) is 1.38. The van der Waals surface area contributed by atoms with Crippen LogP contribution in [0.4, 0.5) is 0 Å². The molecule has 0 aliphatic rings. The normalized spacial score (nSPS) is 11.9. The number of hydrogen-bond donors (Lipinski definition) is 0. The van der Waals surface area contributed by atoms with E-state index in [-0.39, 0.29) is 0 Å². The molecular formula is C8H9Cl2IN2O. The summed E-state index contributed by atoms with van der Waals surface area (Å²) in [5.41, 5.74) is -0.586. The Bertz CT molecular complexity index is 334. The first-order chi connectivity index (χ1) is 6.38. The maximum Gasteiger partial charge on any atom is 0.163 e. The number of ether oxygens (including phenoxy) is 1. The van der Waals surface area contributed by atoms with Crippen LogP contribution in [-0.2, 0) is 10.3 Å². The third-order valence-electron chi connectivity index (χ3n) is 1.82. The molecule has 1 aromatic rings. The maximum atomic E-state index is 5.88. The van der Waals surface area contributed by atoms with Gasteiger partial charge in [-0.15, -0.1) is 0 Å². The molecule has 3 nitrogen and oxygen atoms in total. The van der Waals surface area contributed by atoms with E-state index in [2.05, 4.69) is 9.97 Å². The van der Waals surface area contributed by atoms with Crippen molar-refractivity contribution in [3.05, 3.63) is 19.7 Å². The van der Waals surface area contributed by atoms with E-state index in [1.165, 1.54) is 0 Å². The van der Waals surface area contributed by atoms with Gasteiger partial charge in [-0.3, -0.25) is 0 Å². The smallest absolute Gasteiger partial charge is 0.163 e. The van der Waals surface area contributed by atoms with Crippen molar-refractivity contribution in [1.29, 1.82) is 0 Å². The van der Waals surface area contributed by atoms with Gasteiger partial charge < -0.3 is 4.74 Å². The van der Waals surface area contributed by atoms with Crippen molar-refractivity contribution < 1.29 is 4.74 Å². The zero-order chi connectivity index (χ0) is 10.9. The summed E-state index contributed by atoms with van der Waals surface area (Å²) in [5, 5.41) is 0.705. The molecule has 1 aromatic heterocycles. The molecule has 0 fully saturated rings. The van der Waals surface area contributed by atoms with Crippen LogP contribution in [0.2, 0.25) is 10.3 Å². The van der Waals surface area contributed by atoms with Crippen LogP contribution in [0.25, 0.3) is 0 Å². The van der Waals surface area contributed by atoms with E-state index in [9.17, 15) is 0 Å². The summed E-state index contributed by atoms with van der Waals surface area (Å²) in [6.07, 6.45) is 0. The fourth-order valence-electron chi connectivity index (χ4n) is 0.755. The van der Waals surface area contributed by atoms with Gasteiger partial charge in [0.2, 0.25) is 0 Å². The van der Waals surface area contributed by atoms with Crippen molar-refractivity contribution in [2.75, 3.05) is 7.11 Å². The van der Waals surface area contributed by atoms with Gasteiger partial charge in [0.25, 0.3) is 0 Å². The van der Waals surface area contributed by atoms with Gasteiger partial charge in [0.15, 0.2) is 5.82 Å². The van der Waals surface area contributed by atoms with Crippen LogP contribution in [0.5, 0.6) is 0 Å². The van der Waals surface area contributed by atoms with Gasteiger partial charge in [-0.2, -0.15) is 0 Å². The standard InChI is InChI=1S/C8H9Cl2IN2O/c1-8(2,14-3)7-12-5(9)4(11)6(10)13-7/h1-3H3. The molecule has 0 spiro atoms. The van der Waals surface area contributed by atoms with Crippen LogP contribution in [-0.4, -0.2) is 17.1 Å². The minimum atomic E-state index is -0.586. The molecule has 0 radical (unpaired) electrons. The minimum absolute atomic E-state index is 0.353. The molecule has 1 rings (SSSR count). The number of halogens is 3. The first kappa shape index (κ1) is 12.4. The predicted octanol–water partition coefficient (Wildman–Crippen LogP) is 3.27. The summed E-state index contributed by atoms with van der Waals surface area (Å²) in [6.45, 7) is 3.70. The van der Waals surface area contributed by atoms with E-state index in [1.807, 2.05) is 36.4 Å². The third kappa shape index (κ3) is 2.48. The molecule has 0 aliphatic heterocycles. The molecule has 78 valence electrons. The zero-order valence-corrected chi connectivity index (χ0v) is 11.6. The van der Waals surface area contributed by atoms with E-state index in [0.29, 0.717) is 19.7 Å². The molecule has 0 saturated carbocycles. The molecule has 6 heteroatoms. The lowest BCUT2D eigenvalue weighted by Gasteiger charge is -2.21. The molecule has 1 heterocycles. The Morgan fingerprint density at radius 3 is 2.00 bits per heavy atom. The second-order valence-electron chi connectivity index (χ2n) is 3.16. The summed E-state index contributed by atoms with van der Waals surface area (Å²) >= 11 is 13.8. The van der Waals surface area contributed by atoms with Gasteiger partial charge in [0, 0.05) is 7.11 Å². The first-order valence-electron chi connectivity index (χ1n) is 3.82. The van der Waals surface area contributed by atoms with Gasteiger partial charge in [-0.05, 0) is 36.4 Å². The highest BCUT2D eigenvalue weighted by atomic mass is 127. The third-order valence-corrected chi connectivity index (χ3v) is 4.03. The monoisotopic (exact) mass is 346 g/mol. The van der Waals surface area contributed by atoms with Gasteiger partial charge in [-0.25, -0.2) is 9.97 Å². The van der Waals surface area contributed by atoms with Crippen molar-refractivity contribution >= 4 is 45.8 Å². The molecular weight excluding hydrogens is 338 g/mol. The van der Waals surface area contributed by atoms with E-state index in [4.69, 9.17) is 27.9 Å². The van der Waals surface area contributed by atoms with E-state index in [0.717, 1.165) is 0 Å².